The standard InChI is InChI=1S/C28H32FN3O6S/c1-5-30-28(34)20(2)31(18-21-10-6-7-11-24(21)29)27(33)19-32(25-12-8-9-13-26(25)38-4)39(35,36)23-16-14-22(37-3)15-17-23/h6-17,20H,5,18-19H2,1-4H3,(H,30,34)/t20-/m0/s1. The molecule has 0 fully saturated rings. The van der Waals surface area contributed by atoms with E-state index in [1.807, 2.05) is 0 Å². The van der Waals surface area contributed by atoms with Crippen LogP contribution in [0.3, 0.4) is 0 Å². The van der Waals surface area contributed by atoms with Crippen molar-refractivity contribution in [3.8, 4) is 11.5 Å². The number of carbonyl (C=O) groups is 2. The van der Waals surface area contributed by atoms with Gasteiger partial charge in [-0.3, -0.25) is 13.9 Å². The zero-order valence-corrected chi connectivity index (χ0v) is 23.1. The maximum Gasteiger partial charge on any atom is 0.264 e. The van der Waals surface area contributed by atoms with Crippen LogP contribution in [0.25, 0.3) is 0 Å². The van der Waals surface area contributed by atoms with Crippen LogP contribution in [0.4, 0.5) is 10.1 Å². The zero-order chi connectivity index (χ0) is 28.6. The van der Waals surface area contributed by atoms with Gasteiger partial charge in [0.15, 0.2) is 0 Å². The second kappa shape index (κ2) is 13.1. The van der Waals surface area contributed by atoms with Crippen molar-refractivity contribution in [2.45, 2.75) is 31.3 Å². The molecule has 2 amide bonds. The summed E-state index contributed by atoms with van der Waals surface area (Å²) < 4.78 is 53.8. The summed E-state index contributed by atoms with van der Waals surface area (Å²) >= 11 is 0. The van der Waals surface area contributed by atoms with Gasteiger partial charge in [0, 0.05) is 18.7 Å². The SMILES string of the molecule is CCNC(=O)[C@H](C)N(Cc1ccccc1F)C(=O)CN(c1ccccc1OC)S(=O)(=O)c1ccc(OC)cc1. The summed E-state index contributed by atoms with van der Waals surface area (Å²) in [5.41, 5.74) is 0.310. The molecular weight excluding hydrogens is 525 g/mol. The van der Waals surface area contributed by atoms with E-state index < -0.39 is 40.2 Å². The van der Waals surface area contributed by atoms with Crippen molar-refractivity contribution in [3.63, 3.8) is 0 Å². The van der Waals surface area contributed by atoms with Gasteiger partial charge in [-0.1, -0.05) is 30.3 Å². The molecule has 0 bridgehead atoms. The molecule has 11 heteroatoms. The molecule has 1 atom stereocenters. The molecule has 0 saturated carbocycles. The number of likely N-dealkylation sites (N-methyl/N-ethyl adjacent to an activating group) is 1. The zero-order valence-electron chi connectivity index (χ0n) is 22.3. The number of anilines is 1. The van der Waals surface area contributed by atoms with Crippen molar-refractivity contribution in [1.82, 2.24) is 10.2 Å². The Balaban J connectivity index is 2.08. The van der Waals surface area contributed by atoms with Crippen LogP contribution >= 0.6 is 0 Å². The lowest BCUT2D eigenvalue weighted by Gasteiger charge is -2.32. The highest BCUT2D eigenvalue weighted by molar-refractivity contribution is 7.92. The maximum absolute atomic E-state index is 14.6. The number of hydrogen-bond donors (Lipinski definition) is 1. The molecule has 0 saturated heterocycles. The van der Waals surface area contributed by atoms with Gasteiger partial charge >= 0.3 is 0 Å². The molecule has 39 heavy (non-hydrogen) atoms. The summed E-state index contributed by atoms with van der Waals surface area (Å²) in [6.07, 6.45) is 0. The van der Waals surface area contributed by atoms with E-state index >= 15 is 0 Å². The number of carbonyl (C=O) groups excluding carboxylic acids is 2. The van der Waals surface area contributed by atoms with Crippen LogP contribution in [0.15, 0.2) is 77.7 Å². The third-order valence-electron chi connectivity index (χ3n) is 6.10. The lowest BCUT2D eigenvalue weighted by atomic mass is 10.1. The van der Waals surface area contributed by atoms with Crippen LogP contribution in [-0.4, -0.2) is 58.5 Å². The van der Waals surface area contributed by atoms with E-state index in [9.17, 15) is 22.4 Å². The summed E-state index contributed by atoms with van der Waals surface area (Å²) in [7, 11) is -1.45. The Hall–Kier alpha value is -4.12. The van der Waals surface area contributed by atoms with Gasteiger partial charge in [0.05, 0.1) is 24.8 Å². The fourth-order valence-electron chi connectivity index (χ4n) is 3.94. The molecule has 0 aliphatic rings. The van der Waals surface area contributed by atoms with E-state index in [1.54, 1.807) is 31.2 Å². The number of ether oxygens (including phenoxy) is 2. The molecule has 3 aromatic carbocycles. The van der Waals surface area contributed by atoms with E-state index in [1.165, 1.54) is 69.7 Å². The second-order valence-corrected chi connectivity index (χ2v) is 10.4. The smallest absolute Gasteiger partial charge is 0.264 e. The van der Waals surface area contributed by atoms with Crippen molar-refractivity contribution in [1.29, 1.82) is 0 Å². The highest BCUT2D eigenvalue weighted by atomic mass is 32.2. The molecule has 0 aromatic heterocycles. The first kappa shape index (κ1) is 29.4. The average molecular weight is 558 g/mol. The monoisotopic (exact) mass is 557 g/mol. The number of methoxy groups -OCH3 is 2. The van der Waals surface area contributed by atoms with Gasteiger partial charge in [-0.05, 0) is 56.3 Å². The van der Waals surface area contributed by atoms with Gasteiger partial charge < -0.3 is 19.7 Å². The van der Waals surface area contributed by atoms with Gasteiger partial charge in [0.2, 0.25) is 11.8 Å². The number of rotatable bonds is 12. The van der Waals surface area contributed by atoms with Gasteiger partial charge in [-0.2, -0.15) is 0 Å². The van der Waals surface area contributed by atoms with E-state index in [-0.39, 0.29) is 28.4 Å². The number of benzene rings is 3. The molecule has 9 nitrogen and oxygen atoms in total. The van der Waals surface area contributed by atoms with E-state index in [0.29, 0.717) is 12.3 Å². The van der Waals surface area contributed by atoms with Crippen LogP contribution in [0.5, 0.6) is 11.5 Å². The first-order valence-corrected chi connectivity index (χ1v) is 13.7. The lowest BCUT2D eigenvalue weighted by Crippen LogP contribution is -2.51. The normalized spacial score (nSPS) is 11.8. The van der Waals surface area contributed by atoms with Crippen LogP contribution in [0.2, 0.25) is 0 Å². The predicted molar refractivity (Wildman–Crippen MR) is 146 cm³/mol. The maximum atomic E-state index is 14.6. The number of para-hydroxylation sites is 2. The molecule has 208 valence electrons. The topological polar surface area (TPSA) is 105 Å². The molecule has 0 aliphatic heterocycles. The molecule has 0 unspecified atom stereocenters. The molecule has 3 rings (SSSR count). The molecule has 0 aliphatic carbocycles. The van der Waals surface area contributed by atoms with Gasteiger partial charge in [-0.25, -0.2) is 12.8 Å². The molecule has 0 heterocycles. The van der Waals surface area contributed by atoms with E-state index in [0.717, 1.165) is 9.21 Å². The van der Waals surface area contributed by atoms with Gasteiger partial charge in [-0.15, -0.1) is 0 Å². The summed E-state index contributed by atoms with van der Waals surface area (Å²) in [5, 5.41) is 2.66. The van der Waals surface area contributed by atoms with Crippen LogP contribution in [0.1, 0.15) is 19.4 Å². The number of nitrogens with zero attached hydrogens (tertiary/aromatic N) is 2. The van der Waals surface area contributed by atoms with Crippen LogP contribution in [0, 0.1) is 5.82 Å². The highest BCUT2D eigenvalue weighted by Crippen LogP contribution is 2.33. The van der Waals surface area contributed by atoms with E-state index in [4.69, 9.17) is 9.47 Å². The van der Waals surface area contributed by atoms with Crippen molar-refractivity contribution in [2.24, 2.45) is 0 Å². The van der Waals surface area contributed by atoms with Crippen molar-refractivity contribution >= 4 is 27.5 Å². The fraction of sp³-hybridized carbons (Fsp3) is 0.286. The summed E-state index contributed by atoms with van der Waals surface area (Å²) in [5.74, 6) is -1.03. The predicted octanol–water partition coefficient (Wildman–Crippen LogP) is 3.59. The first-order valence-electron chi connectivity index (χ1n) is 12.2. The Morgan fingerprint density at radius 1 is 0.949 bits per heavy atom. The fourth-order valence-corrected chi connectivity index (χ4v) is 5.36. The van der Waals surface area contributed by atoms with Crippen LogP contribution < -0.4 is 19.1 Å². The summed E-state index contributed by atoms with van der Waals surface area (Å²) in [4.78, 5) is 27.6. The van der Waals surface area contributed by atoms with Crippen molar-refractivity contribution in [3.05, 3.63) is 84.2 Å². The van der Waals surface area contributed by atoms with Crippen LogP contribution in [-0.2, 0) is 26.2 Å². The van der Waals surface area contributed by atoms with Crippen molar-refractivity contribution < 1.29 is 31.9 Å². The molecule has 0 spiro atoms. The molecule has 3 aromatic rings. The number of sulfonamides is 1. The number of amides is 2. The quantitative estimate of drug-likeness (QED) is 0.365. The summed E-state index contributed by atoms with van der Waals surface area (Å²) in [6, 6.07) is 17.0. The van der Waals surface area contributed by atoms with Crippen molar-refractivity contribution in [2.75, 3.05) is 31.6 Å². The minimum absolute atomic E-state index is 0.0839. The molecule has 1 N–H and O–H groups in total. The summed E-state index contributed by atoms with van der Waals surface area (Å²) in [6.45, 7) is 2.65. The average Bonchev–Trinajstić information content (AvgIpc) is 2.95. The Bertz CT molecular complexity index is 1400. The third-order valence-corrected chi connectivity index (χ3v) is 7.87. The Labute approximate surface area is 228 Å². The number of halogens is 1. The number of hydrogen-bond acceptors (Lipinski definition) is 6. The Kier molecular flexibility index (Phi) is 9.89. The minimum atomic E-state index is -4.30. The minimum Gasteiger partial charge on any atom is -0.497 e. The Morgan fingerprint density at radius 2 is 1.59 bits per heavy atom. The molecule has 0 radical (unpaired) electrons. The van der Waals surface area contributed by atoms with Gasteiger partial charge in [0.1, 0.15) is 29.9 Å². The second-order valence-electron chi connectivity index (χ2n) is 8.54. The largest absolute Gasteiger partial charge is 0.497 e. The first-order chi connectivity index (χ1) is 18.6. The van der Waals surface area contributed by atoms with E-state index in [2.05, 4.69) is 5.32 Å². The highest BCUT2D eigenvalue weighted by Gasteiger charge is 2.34. The molecular formula is C28H32FN3O6S. The lowest BCUT2D eigenvalue weighted by molar-refractivity contribution is -0.139. The third kappa shape index (κ3) is 6.85. The Morgan fingerprint density at radius 3 is 2.21 bits per heavy atom. The van der Waals surface area contributed by atoms with Gasteiger partial charge in [0.25, 0.3) is 10.0 Å². The number of nitrogens with one attached hydrogen (secondary N) is 1.